The second kappa shape index (κ2) is 14.5. The van der Waals surface area contributed by atoms with E-state index < -0.39 is 51.2 Å². The van der Waals surface area contributed by atoms with Crippen LogP contribution in [0.4, 0.5) is 0 Å². The Morgan fingerprint density at radius 1 is 1.02 bits per heavy atom. The lowest BCUT2D eigenvalue weighted by atomic mass is 9.97. The molecule has 3 atom stereocenters. The molecule has 3 N–H and O–H groups in total. The molecule has 12 nitrogen and oxygen atoms in total. The Morgan fingerprint density at radius 2 is 1.79 bits per heavy atom. The summed E-state index contributed by atoms with van der Waals surface area (Å²) in [5.74, 6) is -2.70. The van der Waals surface area contributed by atoms with Gasteiger partial charge in [-0.2, -0.15) is 4.31 Å². The molecule has 1 spiro atoms. The summed E-state index contributed by atoms with van der Waals surface area (Å²) < 4.78 is 29.1. The van der Waals surface area contributed by atoms with E-state index in [4.69, 9.17) is 16.4 Å². The number of halogens is 1. The van der Waals surface area contributed by atoms with Crippen molar-refractivity contribution in [3.63, 3.8) is 0 Å². The van der Waals surface area contributed by atoms with Gasteiger partial charge in [-0.25, -0.2) is 8.42 Å². The average Bonchev–Trinajstić information content (AvgIpc) is 3.75. The molecule has 1 saturated carbocycles. The first-order valence-corrected chi connectivity index (χ1v) is 19.3. The molecule has 0 radical (unpaired) electrons. The van der Waals surface area contributed by atoms with E-state index in [0.29, 0.717) is 30.1 Å². The molecule has 0 bridgehead atoms. The summed E-state index contributed by atoms with van der Waals surface area (Å²) in [4.78, 5) is 61.7. The molecule has 14 heteroatoms. The molecule has 7 rings (SSSR count). The molecule has 0 aromatic heterocycles. The van der Waals surface area contributed by atoms with Gasteiger partial charge in [-0.3, -0.25) is 29.5 Å². The highest BCUT2D eigenvalue weighted by atomic mass is 35.5. The minimum atomic E-state index is -3.97. The van der Waals surface area contributed by atoms with E-state index in [2.05, 4.69) is 16.1 Å². The predicted molar refractivity (Wildman–Crippen MR) is 193 cm³/mol. The van der Waals surface area contributed by atoms with Gasteiger partial charge < -0.3 is 15.5 Å². The smallest absolute Gasteiger partial charge is 0.289 e. The molecular formula is C38H40ClN5O7S. The number of sulfonamides is 1. The summed E-state index contributed by atoms with van der Waals surface area (Å²) in [5, 5.41) is 5.96. The zero-order chi connectivity index (χ0) is 36.6. The molecule has 52 heavy (non-hydrogen) atoms. The van der Waals surface area contributed by atoms with Gasteiger partial charge in [0.1, 0.15) is 11.6 Å². The summed E-state index contributed by atoms with van der Waals surface area (Å²) in [6.45, 7) is 2.30. The zero-order valence-electron chi connectivity index (χ0n) is 28.6. The Bertz CT molecular complexity index is 2070. The van der Waals surface area contributed by atoms with Crippen molar-refractivity contribution in [2.24, 2.45) is 0 Å². The standard InChI is InChI=1S/C38H40ClN5O7S/c1-2-7-31(34(45)36(47)40-29-14-15-29)41-35(46)33-21-38(20-32(42-51-38)25-10-5-12-28(39)18-25)23-44(33)37(48)26-11-6-13-30(19-26)52(49,50)43-17-16-24-8-3-4-9-27(24)22-43/h3-6,8-13,18-20,29,31,33,42H,2,7,14-17,21-23H2,1H3,(H,40,47)(H,41,46)/t31-,33-,38+/m0/s1. The van der Waals surface area contributed by atoms with Crippen LogP contribution in [0.1, 0.15) is 66.1 Å². The van der Waals surface area contributed by atoms with Crippen molar-refractivity contribution in [2.75, 3.05) is 13.1 Å². The van der Waals surface area contributed by atoms with Crippen LogP contribution in [0.2, 0.25) is 5.02 Å². The summed E-state index contributed by atoms with van der Waals surface area (Å²) >= 11 is 6.24. The molecule has 4 aliphatic rings. The minimum Gasteiger partial charge on any atom is -0.347 e. The predicted octanol–water partition coefficient (Wildman–Crippen LogP) is 3.75. The molecule has 3 aromatic rings. The number of carbonyl (C=O) groups is 4. The molecule has 1 aliphatic carbocycles. The van der Waals surface area contributed by atoms with Gasteiger partial charge in [-0.15, -0.1) is 0 Å². The van der Waals surface area contributed by atoms with E-state index in [9.17, 15) is 27.6 Å². The van der Waals surface area contributed by atoms with E-state index in [0.717, 1.165) is 29.5 Å². The van der Waals surface area contributed by atoms with E-state index in [1.807, 2.05) is 37.3 Å². The number of nitrogens with zero attached hydrogens (tertiary/aromatic N) is 2. The fraction of sp³-hybridized carbons (Fsp3) is 0.368. The van der Waals surface area contributed by atoms with Gasteiger partial charge in [0.25, 0.3) is 11.8 Å². The maximum atomic E-state index is 14.4. The number of hydrogen-bond donors (Lipinski definition) is 3. The first kappa shape index (κ1) is 35.8. The topological polar surface area (TPSA) is 154 Å². The van der Waals surface area contributed by atoms with E-state index in [-0.39, 0.29) is 42.4 Å². The molecular weight excluding hydrogens is 706 g/mol. The van der Waals surface area contributed by atoms with E-state index >= 15 is 0 Å². The van der Waals surface area contributed by atoms with Crippen LogP contribution in [-0.4, -0.2) is 77.9 Å². The van der Waals surface area contributed by atoms with Crippen LogP contribution in [0.5, 0.6) is 0 Å². The summed E-state index contributed by atoms with van der Waals surface area (Å²) in [5.41, 5.74) is 5.23. The highest BCUT2D eigenvalue weighted by Gasteiger charge is 2.52. The van der Waals surface area contributed by atoms with Gasteiger partial charge in [0.2, 0.25) is 21.7 Å². The van der Waals surface area contributed by atoms with E-state index in [1.54, 1.807) is 24.3 Å². The number of nitrogens with one attached hydrogen (secondary N) is 3. The number of ketones is 1. The quantitative estimate of drug-likeness (QED) is 0.251. The van der Waals surface area contributed by atoms with Crippen LogP contribution >= 0.6 is 11.6 Å². The zero-order valence-corrected chi connectivity index (χ0v) is 30.2. The fourth-order valence-electron chi connectivity index (χ4n) is 7.05. The number of fused-ring (bicyclic) bond motifs is 1. The molecule has 3 amide bonds. The third-order valence-corrected chi connectivity index (χ3v) is 12.1. The highest BCUT2D eigenvalue weighted by molar-refractivity contribution is 7.89. The number of carbonyl (C=O) groups excluding carboxylic acids is 4. The second-order valence-electron chi connectivity index (χ2n) is 13.8. The number of likely N-dealkylation sites (tertiary alicyclic amines) is 1. The first-order chi connectivity index (χ1) is 25.0. The van der Waals surface area contributed by atoms with Crippen LogP contribution in [-0.2, 0) is 42.2 Å². The van der Waals surface area contributed by atoms with Gasteiger partial charge in [0.05, 0.1) is 23.2 Å². The monoisotopic (exact) mass is 745 g/mol. The molecule has 2 fully saturated rings. The highest BCUT2D eigenvalue weighted by Crippen LogP contribution is 2.39. The normalized spacial score (nSPS) is 21.9. The Labute approximate surface area is 307 Å². The molecule has 3 aliphatic heterocycles. The van der Waals surface area contributed by atoms with Crippen molar-refractivity contribution in [1.82, 2.24) is 25.3 Å². The Kier molecular flexibility index (Phi) is 9.96. The Balaban J connectivity index is 1.17. The van der Waals surface area contributed by atoms with Crippen LogP contribution in [0.15, 0.2) is 83.8 Å². The Morgan fingerprint density at radius 3 is 2.54 bits per heavy atom. The third-order valence-electron chi connectivity index (χ3n) is 9.98. The lowest BCUT2D eigenvalue weighted by molar-refractivity contribution is -0.140. The fourth-order valence-corrected chi connectivity index (χ4v) is 8.71. The molecule has 272 valence electrons. The number of Topliss-reactive ketones (excluding diaryl/α,β-unsaturated/α-hetero) is 1. The lowest BCUT2D eigenvalue weighted by Crippen LogP contribution is -2.53. The first-order valence-electron chi connectivity index (χ1n) is 17.5. The number of amides is 3. The van der Waals surface area contributed by atoms with Crippen molar-refractivity contribution in [3.8, 4) is 0 Å². The number of benzene rings is 3. The van der Waals surface area contributed by atoms with Crippen molar-refractivity contribution < 1.29 is 32.4 Å². The lowest BCUT2D eigenvalue weighted by Gasteiger charge is -2.28. The largest absolute Gasteiger partial charge is 0.347 e. The maximum absolute atomic E-state index is 14.4. The number of hydrogen-bond acceptors (Lipinski definition) is 8. The van der Waals surface area contributed by atoms with Gasteiger partial charge >= 0.3 is 0 Å². The SMILES string of the molecule is CCC[C@H](NC(=O)[C@@H]1C[C@]2(C=C(c3cccc(Cl)c3)NO2)CN1C(=O)c1cccc(S(=O)(=O)N2CCc3ccccc3C2)c1)C(=O)C(=O)NC1CC1. The van der Waals surface area contributed by atoms with Crippen molar-refractivity contribution in [2.45, 2.75) is 80.6 Å². The summed E-state index contributed by atoms with van der Waals surface area (Å²) in [6.07, 6.45) is 4.76. The van der Waals surface area contributed by atoms with Crippen molar-refractivity contribution in [3.05, 3.63) is 106 Å². The van der Waals surface area contributed by atoms with Crippen molar-refractivity contribution in [1.29, 1.82) is 0 Å². The molecule has 3 aromatic carbocycles. The van der Waals surface area contributed by atoms with Gasteiger partial charge in [-0.1, -0.05) is 67.4 Å². The average molecular weight is 746 g/mol. The van der Waals surface area contributed by atoms with Gasteiger partial charge in [0, 0.05) is 41.7 Å². The van der Waals surface area contributed by atoms with Gasteiger partial charge in [-0.05, 0) is 73.2 Å². The minimum absolute atomic E-state index is 0.0219. The second-order valence-corrected chi connectivity index (χ2v) is 16.2. The summed E-state index contributed by atoms with van der Waals surface area (Å²) in [7, 11) is -3.97. The number of rotatable bonds is 11. The summed E-state index contributed by atoms with van der Waals surface area (Å²) in [6, 6.07) is 18.4. The maximum Gasteiger partial charge on any atom is 0.289 e. The van der Waals surface area contributed by atoms with Crippen LogP contribution < -0.4 is 16.1 Å². The van der Waals surface area contributed by atoms with Crippen LogP contribution in [0, 0.1) is 0 Å². The van der Waals surface area contributed by atoms with E-state index in [1.165, 1.54) is 33.5 Å². The van der Waals surface area contributed by atoms with Gasteiger partial charge in [0.15, 0.2) is 0 Å². The molecule has 0 unspecified atom stereocenters. The van der Waals surface area contributed by atoms with Crippen LogP contribution in [0.3, 0.4) is 0 Å². The third kappa shape index (κ3) is 7.36. The molecule has 3 heterocycles. The van der Waals surface area contributed by atoms with Crippen molar-refractivity contribution >= 4 is 50.8 Å². The molecule has 1 saturated heterocycles. The Hall–Kier alpha value is -4.56. The van der Waals surface area contributed by atoms with Crippen LogP contribution in [0.25, 0.3) is 5.70 Å². The number of hydroxylamine groups is 1.